The van der Waals surface area contributed by atoms with Crippen molar-refractivity contribution in [2.75, 3.05) is 0 Å². The fraction of sp³-hybridized carbons (Fsp3) is 0.184. The van der Waals surface area contributed by atoms with Crippen LogP contribution in [0.4, 0.5) is 0 Å². The summed E-state index contributed by atoms with van der Waals surface area (Å²) in [5.74, 6) is 0. The lowest BCUT2D eigenvalue weighted by atomic mass is 9.91. The number of fused-ring (bicyclic) bond motifs is 49. The minimum Gasteiger partial charge on any atom is -0.452 e. The summed E-state index contributed by atoms with van der Waals surface area (Å²) in [7, 11) is 0. The van der Waals surface area contributed by atoms with Crippen LogP contribution < -0.4 is 0 Å². The van der Waals surface area contributed by atoms with Crippen molar-refractivity contribution in [2.45, 2.75) is 117 Å². The van der Waals surface area contributed by atoms with Crippen molar-refractivity contribution in [2.24, 2.45) is 0 Å². The molecule has 0 fully saturated rings. The van der Waals surface area contributed by atoms with Gasteiger partial charge in [0.25, 0.3) is 0 Å². The first-order valence-corrected chi connectivity index (χ1v) is 38.5. The smallest absolute Gasteiger partial charge is 0.179 e. The highest BCUT2D eigenvalue weighted by atomic mass is 16.4. The summed E-state index contributed by atoms with van der Waals surface area (Å²) in [5.41, 5.74) is 12.6. The lowest BCUT2D eigenvalue weighted by molar-refractivity contribution is 0.586. The second kappa shape index (κ2) is 22.8. The summed E-state index contributed by atoms with van der Waals surface area (Å²) in [6.07, 6.45) is 19.3. The van der Waals surface area contributed by atoms with E-state index in [1.54, 1.807) is 0 Å². The zero-order valence-electron chi connectivity index (χ0n) is 58.8. The van der Waals surface area contributed by atoms with E-state index in [1.165, 1.54) is 110 Å². The Bertz CT molecular complexity index is 7250. The van der Waals surface area contributed by atoms with Crippen LogP contribution in [0.3, 0.4) is 0 Å². The SMILES string of the molecule is CCCCCCCCCc1cc2ccccc2c2c1oc1c3oc4c5oc6c7oc8c9oc%10c%11oc%12c%13oc%14c(CCCCCCCCC)cc%15ccccc%15c%14c%13c%13ccccc%13c%12c%11c%11ccccc%11c%10c9c9ccccc9c8c7c7ccccc7c6c5c5ccccc5c4c3c3ccccc3c12. The summed E-state index contributed by atoms with van der Waals surface area (Å²) >= 11 is 0. The third kappa shape index (κ3) is 8.21. The molecule has 0 atom stereocenters. The average Bonchev–Trinajstić information content (AvgIpc) is 1.52. The molecule has 0 saturated carbocycles. The lowest BCUT2D eigenvalue weighted by Crippen LogP contribution is -1.89. The molecular formula is C98H72O7. The van der Waals surface area contributed by atoms with Gasteiger partial charge >= 0.3 is 0 Å². The minimum atomic E-state index is 0.642. The number of rotatable bonds is 16. The van der Waals surface area contributed by atoms with Gasteiger partial charge in [0.05, 0.1) is 0 Å². The van der Waals surface area contributed by atoms with Crippen LogP contribution in [-0.2, 0) is 12.8 Å². The molecule has 0 aliphatic carbocycles. The Balaban J connectivity index is 0.800. The number of unbranched alkanes of at least 4 members (excludes halogenated alkanes) is 12. The van der Waals surface area contributed by atoms with Crippen molar-refractivity contribution in [3.63, 3.8) is 0 Å². The van der Waals surface area contributed by atoms with Gasteiger partial charge < -0.3 is 30.9 Å². The van der Waals surface area contributed by atoms with E-state index in [2.05, 4.69) is 220 Å². The molecule has 0 spiro atoms. The molecule has 7 nitrogen and oxygen atoms in total. The molecule has 0 amide bonds. The second-order valence-electron chi connectivity index (χ2n) is 30.1. The van der Waals surface area contributed by atoms with E-state index in [0.717, 1.165) is 199 Å². The van der Waals surface area contributed by atoms with Crippen molar-refractivity contribution in [1.29, 1.82) is 0 Å². The molecule has 0 aliphatic rings. The predicted octanol–water partition coefficient (Wildman–Crippen LogP) is 30.8. The largest absolute Gasteiger partial charge is 0.452 e. The highest BCUT2D eigenvalue weighted by molar-refractivity contribution is 6.48. The summed E-state index contributed by atoms with van der Waals surface area (Å²) < 4.78 is 53.4. The highest BCUT2D eigenvalue weighted by Crippen LogP contribution is 2.58. The maximum Gasteiger partial charge on any atom is 0.179 e. The lowest BCUT2D eigenvalue weighted by Gasteiger charge is -2.08. The summed E-state index contributed by atoms with van der Waals surface area (Å²) in [4.78, 5) is 0. The van der Waals surface area contributed by atoms with E-state index >= 15 is 0 Å². The van der Waals surface area contributed by atoms with Crippen LogP contribution >= 0.6 is 0 Å². The van der Waals surface area contributed by atoms with Gasteiger partial charge in [-0.25, -0.2) is 0 Å². The van der Waals surface area contributed by atoms with Crippen molar-refractivity contribution in [1.82, 2.24) is 0 Å². The van der Waals surface area contributed by atoms with E-state index < -0.39 is 0 Å². The topological polar surface area (TPSA) is 92.0 Å². The fourth-order valence-corrected chi connectivity index (χ4v) is 19.6. The van der Waals surface area contributed by atoms with E-state index in [0.29, 0.717) is 44.7 Å². The summed E-state index contributed by atoms with van der Waals surface area (Å²) in [6.45, 7) is 4.57. The number of aryl methyl sites for hydroxylation is 2. The van der Waals surface area contributed by atoms with Gasteiger partial charge in [-0.2, -0.15) is 0 Å². The number of hydrogen-bond donors (Lipinski definition) is 0. The molecule has 23 aromatic rings. The maximum atomic E-state index is 7.75. The maximum absolute atomic E-state index is 7.75. The monoisotopic (exact) mass is 1360 g/mol. The Labute approximate surface area is 601 Å². The Morgan fingerprint density at radius 1 is 0.171 bits per heavy atom. The average molecular weight is 1360 g/mol. The standard InChI is InChI=1S/C98H72O7/c1-3-5-7-9-11-13-15-35-55-51-53-33-17-19-37-57(53)71-73-59-39-21-23-41-61(59)75-77-63-43-25-27-45-65(63)79-81-67-47-29-31-49-69(67)83-84-70-50-32-30-48-68(70)82-80-66-46-28-26-44-64(66)78-76-62-42-24-22-40-60(62)74-72-58-38-20-18-34-54(58)52-56(36-16-14-12-10-8-6-4-2)86(72)100-88(74)90(76)102-92(78)94(80)104-96(82)98(84)105-97(83)95(81)103-93(79)91(77)101-89(75)87(73)99-85(55)71/h17-34,37-52H,3-16,35-36H2,1-2H3. The molecule has 506 valence electrons. The van der Waals surface area contributed by atoms with Crippen LogP contribution in [0.2, 0.25) is 0 Å². The third-order valence-electron chi connectivity index (χ3n) is 24.2. The van der Waals surface area contributed by atoms with Crippen molar-refractivity contribution < 1.29 is 30.9 Å². The Morgan fingerprint density at radius 3 is 0.543 bits per heavy atom. The third-order valence-corrected chi connectivity index (χ3v) is 24.2. The zero-order valence-corrected chi connectivity index (χ0v) is 58.8. The number of benzene rings is 16. The van der Waals surface area contributed by atoms with Crippen LogP contribution in [0.1, 0.15) is 115 Å². The number of furan rings is 7. The molecule has 16 aromatic carbocycles. The minimum absolute atomic E-state index is 0.642. The van der Waals surface area contributed by atoms with E-state index in [4.69, 9.17) is 30.9 Å². The quantitative estimate of drug-likeness (QED) is 0.0890. The van der Waals surface area contributed by atoms with E-state index in [9.17, 15) is 0 Å². The van der Waals surface area contributed by atoms with Crippen LogP contribution in [0.5, 0.6) is 0 Å². The first-order valence-electron chi connectivity index (χ1n) is 38.5. The molecule has 105 heavy (non-hydrogen) atoms. The van der Waals surface area contributed by atoms with Crippen LogP contribution in [0, 0.1) is 0 Å². The fourth-order valence-electron chi connectivity index (χ4n) is 19.6. The molecular weight excluding hydrogens is 1290 g/mol. The van der Waals surface area contributed by atoms with Gasteiger partial charge in [0, 0.05) is 75.4 Å². The van der Waals surface area contributed by atoms with Gasteiger partial charge in [0.2, 0.25) is 0 Å². The molecule has 0 radical (unpaired) electrons. The Kier molecular flexibility index (Phi) is 13.0. The van der Waals surface area contributed by atoms with Gasteiger partial charge in [-0.05, 0) is 135 Å². The molecule has 0 N–H and O–H groups in total. The Hall–Kier alpha value is -11.8. The van der Waals surface area contributed by atoms with Crippen molar-refractivity contribution in [3.05, 3.63) is 217 Å². The van der Waals surface area contributed by atoms with Gasteiger partial charge in [-0.3, -0.25) is 0 Å². The Morgan fingerprint density at radius 2 is 0.333 bits per heavy atom. The highest BCUT2D eigenvalue weighted by Gasteiger charge is 2.34. The van der Waals surface area contributed by atoms with E-state index in [1.807, 2.05) is 0 Å². The normalized spacial score (nSPS) is 12.9. The van der Waals surface area contributed by atoms with Crippen LogP contribution in [-0.4, -0.2) is 0 Å². The second-order valence-corrected chi connectivity index (χ2v) is 30.1. The molecule has 0 unspecified atom stereocenters. The summed E-state index contributed by atoms with van der Waals surface area (Å²) in [6, 6.07) is 75.3. The van der Waals surface area contributed by atoms with Gasteiger partial charge in [-0.1, -0.05) is 285 Å². The van der Waals surface area contributed by atoms with Crippen LogP contribution in [0.25, 0.3) is 240 Å². The van der Waals surface area contributed by atoms with Crippen molar-refractivity contribution >= 4 is 240 Å². The predicted molar refractivity (Wildman–Crippen MR) is 441 cm³/mol. The van der Waals surface area contributed by atoms with Gasteiger partial charge in [0.1, 0.15) is 11.2 Å². The number of hydrogen-bond acceptors (Lipinski definition) is 7. The summed E-state index contributed by atoms with van der Waals surface area (Å²) in [5, 5.41) is 32.0. The van der Waals surface area contributed by atoms with Gasteiger partial charge in [-0.15, -0.1) is 0 Å². The molecule has 23 rings (SSSR count). The zero-order chi connectivity index (χ0) is 68.9. The van der Waals surface area contributed by atoms with Gasteiger partial charge in [0.15, 0.2) is 67.0 Å². The first-order chi connectivity index (χ1) is 52.1. The molecule has 0 bridgehead atoms. The molecule has 0 saturated heterocycles. The molecule has 0 aliphatic heterocycles. The molecule has 7 heterocycles. The first kappa shape index (κ1) is 59.7. The van der Waals surface area contributed by atoms with E-state index in [-0.39, 0.29) is 0 Å². The molecule has 7 aromatic heterocycles. The molecule has 7 heteroatoms. The van der Waals surface area contributed by atoms with Crippen LogP contribution in [0.15, 0.2) is 237 Å². The van der Waals surface area contributed by atoms with Crippen molar-refractivity contribution in [3.8, 4) is 0 Å².